The third kappa shape index (κ3) is 2.95. The van der Waals surface area contributed by atoms with Gasteiger partial charge in [-0.3, -0.25) is 4.79 Å². The molecule has 2 unspecified atom stereocenters. The first-order valence-corrected chi connectivity index (χ1v) is 7.33. The molecular formula is C15H20Cl2N2O. The number of carbonyl (C=O) groups excluding carboxylic acids is 1. The molecule has 0 saturated carbocycles. The molecule has 1 amide bonds. The van der Waals surface area contributed by atoms with Crippen LogP contribution in [0.3, 0.4) is 0 Å². The number of nitrogens with one attached hydrogen (secondary N) is 1. The molecule has 5 heteroatoms. The fourth-order valence-corrected chi connectivity index (χ4v) is 3.31. The van der Waals surface area contributed by atoms with Crippen LogP contribution in [0.15, 0.2) is 18.2 Å². The molecule has 2 atom stereocenters. The number of hydrogen-bond donors (Lipinski definition) is 1. The number of fused-ring (bicyclic) bond motifs is 2. The van der Waals surface area contributed by atoms with Gasteiger partial charge >= 0.3 is 0 Å². The fourth-order valence-electron chi connectivity index (χ4n) is 3.14. The van der Waals surface area contributed by atoms with Gasteiger partial charge in [0.2, 0.25) is 0 Å². The van der Waals surface area contributed by atoms with E-state index < -0.39 is 0 Å². The lowest BCUT2D eigenvalue weighted by Crippen LogP contribution is -2.39. The molecule has 20 heavy (non-hydrogen) atoms. The summed E-state index contributed by atoms with van der Waals surface area (Å²) >= 11 is 6.11. The molecule has 2 bridgehead atoms. The smallest absolute Gasteiger partial charge is 0.254 e. The SMILES string of the molecule is Cc1c(Cl)cccc1C(=O)N1CCC2CCC(C1)N2.Cl. The normalized spacial score (nSPS) is 25.0. The highest BCUT2D eigenvalue weighted by molar-refractivity contribution is 6.31. The summed E-state index contributed by atoms with van der Waals surface area (Å²) in [6, 6.07) is 6.63. The largest absolute Gasteiger partial charge is 0.337 e. The summed E-state index contributed by atoms with van der Waals surface area (Å²) in [5, 5.41) is 4.26. The summed E-state index contributed by atoms with van der Waals surface area (Å²) < 4.78 is 0. The van der Waals surface area contributed by atoms with Crippen LogP contribution < -0.4 is 5.32 Å². The van der Waals surface area contributed by atoms with E-state index in [0.717, 1.165) is 30.6 Å². The van der Waals surface area contributed by atoms with Gasteiger partial charge in [-0.2, -0.15) is 0 Å². The molecule has 1 N–H and O–H groups in total. The van der Waals surface area contributed by atoms with E-state index in [2.05, 4.69) is 5.32 Å². The van der Waals surface area contributed by atoms with Gasteiger partial charge in [-0.05, 0) is 43.9 Å². The second-order valence-electron chi connectivity index (χ2n) is 5.59. The lowest BCUT2D eigenvalue weighted by Gasteiger charge is -2.25. The number of carbonyl (C=O) groups is 1. The lowest BCUT2D eigenvalue weighted by molar-refractivity contribution is 0.0747. The number of benzene rings is 1. The Morgan fingerprint density at radius 2 is 2.05 bits per heavy atom. The van der Waals surface area contributed by atoms with Crippen molar-refractivity contribution in [2.75, 3.05) is 13.1 Å². The third-order valence-electron chi connectivity index (χ3n) is 4.31. The van der Waals surface area contributed by atoms with Crippen molar-refractivity contribution in [2.45, 2.75) is 38.3 Å². The number of nitrogens with zero attached hydrogens (tertiary/aromatic N) is 1. The average molecular weight is 315 g/mol. The quantitative estimate of drug-likeness (QED) is 0.864. The molecule has 0 spiro atoms. The van der Waals surface area contributed by atoms with Crippen LogP contribution in [-0.4, -0.2) is 36.0 Å². The molecule has 2 aliphatic rings. The minimum Gasteiger partial charge on any atom is -0.337 e. The van der Waals surface area contributed by atoms with Crippen molar-refractivity contribution < 1.29 is 4.79 Å². The maximum absolute atomic E-state index is 12.6. The fraction of sp³-hybridized carbons (Fsp3) is 0.533. The topological polar surface area (TPSA) is 32.3 Å². The van der Waals surface area contributed by atoms with Gasteiger partial charge in [-0.1, -0.05) is 17.7 Å². The van der Waals surface area contributed by atoms with E-state index in [0.29, 0.717) is 17.1 Å². The Hall–Kier alpha value is -0.770. The Bertz CT molecular complexity index is 507. The molecule has 1 aromatic rings. The maximum Gasteiger partial charge on any atom is 0.254 e. The first kappa shape index (κ1) is 15.6. The zero-order chi connectivity index (χ0) is 13.4. The summed E-state index contributed by atoms with van der Waals surface area (Å²) in [6.07, 6.45) is 3.49. The van der Waals surface area contributed by atoms with Crippen molar-refractivity contribution in [3.05, 3.63) is 34.3 Å². The van der Waals surface area contributed by atoms with E-state index in [1.807, 2.05) is 30.0 Å². The van der Waals surface area contributed by atoms with Gasteiger partial charge in [0.25, 0.3) is 5.91 Å². The van der Waals surface area contributed by atoms with Gasteiger partial charge in [-0.25, -0.2) is 0 Å². The standard InChI is InChI=1S/C15H19ClN2O.ClH/c1-10-13(3-2-4-14(10)16)15(19)18-8-7-11-5-6-12(9-18)17-11;/h2-4,11-12,17H,5-9H2,1H3;1H. The number of likely N-dealkylation sites (tertiary alicyclic amines) is 1. The maximum atomic E-state index is 12.6. The van der Waals surface area contributed by atoms with Crippen molar-refractivity contribution in [2.24, 2.45) is 0 Å². The second-order valence-corrected chi connectivity index (χ2v) is 6.00. The summed E-state index contributed by atoms with van der Waals surface area (Å²) in [5.41, 5.74) is 1.63. The Labute approximate surface area is 131 Å². The number of rotatable bonds is 1. The zero-order valence-electron chi connectivity index (χ0n) is 11.6. The van der Waals surface area contributed by atoms with Crippen molar-refractivity contribution in [3.8, 4) is 0 Å². The molecule has 2 heterocycles. The van der Waals surface area contributed by atoms with E-state index in [9.17, 15) is 4.79 Å². The Morgan fingerprint density at radius 3 is 2.85 bits per heavy atom. The highest BCUT2D eigenvalue weighted by Gasteiger charge is 2.31. The molecule has 2 saturated heterocycles. The molecule has 0 aliphatic carbocycles. The van der Waals surface area contributed by atoms with E-state index in [1.54, 1.807) is 0 Å². The molecule has 2 fully saturated rings. The van der Waals surface area contributed by atoms with Crippen molar-refractivity contribution in [3.63, 3.8) is 0 Å². The summed E-state index contributed by atoms with van der Waals surface area (Å²) in [7, 11) is 0. The third-order valence-corrected chi connectivity index (χ3v) is 4.72. The van der Waals surface area contributed by atoms with Crippen LogP contribution in [0.2, 0.25) is 5.02 Å². The van der Waals surface area contributed by atoms with E-state index in [-0.39, 0.29) is 18.3 Å². The van der Waals surface area contributed by atoms with Crippen LogP contribution in [0, 0.1) is 6.92 Å². The van der Waals surface area contributed by atoms with Crippen molar-refractivity contribution >= 4 is 29.9 Å². The van der Waals surface area contributed by atoms with Crippen LogP contribution in [-0.2, 0) is 0 Å². The predicted molar refractivity (Wildman–Crippen MR) is 83.9 cm³/mol. The van der Waals surface area contributed by atoms with Gasteiger partial charge in [0.15, 0.2) is 0 Å². The number of halogens is 2. The molecule has 3 nitrogen and oxygen atoms in total. The van der Waals surface area contributed by atoms with Gasteiger partial charge in [0.05, 0.1) is 0 Å². The monoisotopic (exact) mass is 314 g/mol. The van der Waals surface area contributed by atoms with Crippen LogP contribution in [0.5, 0.6) is 0 Å². The highest BCUT2D eigenvalue weighted by Crippen LogP contribution is 2.24. The van der Waals surface area contributed by atoms with E-state index in [1.165, 1.54) is 12.8 Å². The Kier molecular flexibility index (Phi) is 4.95. The predicted octanol–water partition coefficient (Wildman–Crippen LogP) is 3.04. The molecule has 110 valence electrons. The van der Waals surface area contributed by atoms with Gasteiger partial charge in [0.1, 0.15) is 0 Å². The molecule has 0 radical (unpaired) electrons. The van der Waals surface area contributed by atoms with E-state index in [4.69, 9.17) is 11.6 Å². The van der Waals surface area contributed by atoms with Crippen LogP contribution in [0.25, 0.3) is 0 Å². The lowest BCUT2D eigenvalue weighted by atomic mass is 10.0. The van der Waals surface area contributed by atoms with Gasteiger partial charge in [0, 0.05) is 35.8 Å². The molecule has 2 aliphatic heterocycles. The van der Waals surface area contributed by atoms with Crippen LogP contribution in [0.1, 0.15) is 35.2 Å². The molecule has 0 aromatic heterocycles. The Morgan fingerprint density at radius 1 is 1.30 bits per heavy atom. The average Bonchev–Trinajstić information content (AvgIpc) is 2.72. The molecule has 1 aromatic carbocycles. The summed E-state index contributed by atoms with van der Waals surface area (Å²) in [4.78, 5) is 14.6. The van der Waals surface area contributed by atoms with Crippen molar-refractivity contribution in [1.82, 2.24) is 10.2 Å². The minimum absolute atomic E-state index is 0. The zero-order valence-corrected chi connectivity index (χ0v) is 13.1. The first-order valence-electron chi connectivity index (χ1n) is 6.95. The number of hydrogen-bond acceptors (Lipinski definition) is 2. The molecular weight excluding hydrogens is 295 g/mol. The minimum atomic E-state index is 0. The first-order chi connectivity index (χ1) is 9.15. The van der Waals surface area contributed by atoms with Gasteiger partial charge < -0.3 is 10.2 Å². The summed E-state index contributed by atoms with van der Waals surface area (Å²) in [6.45, 7) is 3.58. The Balaban J connectivity index is 0.00000147. The van der Waals surface area contributed by atoms with Crippen LogP contribution >= 0.6 is 24.0 Å². The second kappa shape index (κ2) is 6.33. The number of amides is 1. The van der Waals surface area contributed by atoms with Gasteiger partial charge in [-0.15, -0.1) is 12.4 Å². The highest BCUT2D eigenvalue weighted by atomic mass is 35.5. The van der Waals surface area contributed by atoms with Crippen molar-refractivity contribution in [1.29, 1.82) is 0 Å². The molecule has 3 rings (SSSR count). The van der Waals surface area contributed by atoms with E-state index >= 15 is 0 Å². The van der Waals surface area contributed by atoms with Crippen LogP contribution in [0.4, 0.5) is 0 Å². The summed E-state index contributed by atoms with van der Waals surface area (Å²) in [5.74, 6) is 0.120.